The summed E-state index contributed by atoms with van der Waals surface area (Å²) in [6, 6.07) is 0. The van der Waals surface area contributed by atoms with E-state index in [2.05, 4.69) is 10.2 Å². The van der Waals surface area contributed by atoms with Crippen molar-refractivity contribution in [2.24, 2.45) is 0 Å². The predicted octanol–water partition coefficient (Wildman–Crippen LogP) is -0.0533. The number of nitrogens with zero attached hydrogens (tertiary/aromatic N) is 1. The summed E-state index contributed by atoms with van der Waals surface area (Å²) < 4.78 is 0. The number of hydrogen-bond acceptors (Lipinski definition) is 4. The maximum absolute atomic E-state index is 9.92. The van der Waals surface area contributed by atoms with E-state index >= 15 is 0 Å². The average Bonchev–Trinajstić information content (AvgIpc) is 1.78. The largest absolute Gasteiger partial charge is 0.312 e. The topological polar surface area (TPSA) is 64.4 Å². The van der Waals surface area contributed by atoms with Gasteiger partial charge < -0.3 is 10.2 Å². The Hall–Kier alpha value is -0.840. The van der Waals surface area contributed by atoms with Crippen LogP contribution in [0.15, 0.2) is 0 Å². The molecule has 0 unspecified atom stereocenters. The Bertz CT molecular complexity index is 138. The maximum atomic E-state index is 9.92. The molecule has 1 rings (SSSR count). The molecule has 0 aliphatic carbocycles. The Morgan fingerprint density at radius 3 is 2.50 bits per heavy atom. The van der Waals surface area contributed by atoms with E-state index in [1.807, 2.05) is 6.92 Å². The molecule has 1 aliphatic heterocycles. The van der Waals surface area contributed by atoms with Crippen LogP contribution in [-0.2, 0) is 4.84 Å². The minimum absolute atomic E-state index is 0.524. The minimum atomic E-state index is -0.718. The molecular formula is C5H10N2O3. The standard InChI is InChI=1S/C5H10N2O3/c1-2-5(3-6-4-5)10-7(8)9/h6H,2-4H2,1H3. The van der Waals surface area contributed by atoms with E-state index in [4.69, 9.17) is 0 Å². The molecule has 58 valence electrons. The molecule has 0 aromatic carbocycles. The van der Waals surface area contributed by atoms with Gasteiger partial charge in [-0.3, -0.25) is 0 Å². The molecule has 10 heavy (non-hydrogen) atoms. The van der Waals surface area contributed by atoms with Crippen LogP contribution in [0.3, 0.4) is 0 Å². The normalized spacial score (nSPS) is 21.3. The fourth-order valence-electron chi connectivity index (χ4n) is 0.941. The Kier molecular flexibility index (Phi) is 1.76. The molecule has 1 fully saturated rings. The molecule has 0 atom stereocenters. The monoisotopic (exact) mass is 146 g/mol. The highest BCUT2D eigenvalue weighted by molar-refractivity contribution is 4.92. The van der Waals surface area contributed by atoms with Gasteiger partial charge in [0, 0.05) is 13.1 Å². The van der Waals surface area contributed by atoms with Gasteiger partial charge in [0.2, 0.25) is 0 Å². The zero-order valence-electron chi connectivity index (χ0n) is 5.79. The highest BCUT2D eigenvalue weighted by Crippen LogP contribution is 2.20. The smallest absolute Gasteiger partial charge is 0.295 e. The van der Waals surface area contributed by atoms with Crippen LogP contribution in [0.1, 0.15) is 13.3 Å². The van der Waals surface area contributed by atoms with Crippen molar-refractivity contribution >= 4 is 0 Å². The summed E-state index contributed by atoms with van der Waals surface area (Å²) in [7, 11) is 0. The highest BCUT2D eigenvalue weighted by atomic mass is 17.0. The number of rotatable bonds is 3. The Morgan fingerprint density at radius 2 is 2.40 bits per heavy atom. The van der Waals surface area contributed by atoms with Crippen molar-refractivity contribution in [3.63, 3.8) is 0 Å². The second-order valence-corrected chi connectivity index (χ2v) is 2.46. The molecule has 0 aromatic rings. The fourth-order valence-corrected chi connectivity index (χ4v) is 0.941. The van der Waals surface area contributed by atoms with Gasteiger partial charge in [-0.15, -0.1) is 10.1 Å². The SMILES string of the molecule is CCC1(O[N+](=O)[O-])CNC1. The lowest BCUT2D eigenvalue weighted by Gasteiger charge is -2.38. The van der Waals surface area contributed by atoms with E-state index < -0.39 is 10.7 Å². The van der Waals surface area contributed by atoms with E-state index in [0.29, 0.717) is 19.5 Å². The zero-order valence-corrected chi connectivity index (χ0v) is 5.79. The molecule has 1 saturated heterocycles. The third-order valence-electron chi connectivity index (χ3n) is 1.81. The van der Waals surface area contributed by atoms with Crippen LogP contribution in [0.5, 0.6) is 0 Å². The van der Waals surface area contributed by atoms with Crippen molar-refractivity contribution in [3.05, 3.63) is 10.1 Å². The lowest BCUT2D eigenvalue weighted by atomic mass is 9.94. The molecule has 0 bridgehead atoms. The summed E-state index contributed by atoms with van der Waals surface area (Å²) in [6.45, 7) is 3.05. The van der Waals surface area contributed by atoms with E-state index in [-0.39, 0.29) is 0 Å². The van der Waals surface area contributed by atoms with Crippen LogP contribution in [-0.4, -0.2) is 23.8 Å². The van der Waals surface area contributed by atoms with Crippen LogP contribution in [0.4, 0.5) is 0 Å². The molecule has 5 nitrogen and oxygen atoms in total. The highest BCUT2D eigenvalue weighted by Gasteiger charge is 2.39. The van der Waals surface area contributed by atoms with Gasteiger partial charge in [-0.25, -0.2) is 0 Å². The van der Waals surface area contributed by atoms with E-state index in [9.17, 15) is 10.1 Å². The second kappa shape index (κ2) is 2.42. The van der Waals surface area contributed by atoms with Gasteiger partial charge in [0.15, 0.2) is 0 Å². The van der Waals surface area contributed by atoms with Gasteiger partial charge in [0.25, 0.3) is 5.09 Å². The summed E-state index contributed by atoms with van der Waals surface area (Å²) >= 11 is 0. The van der Waals surface area contributed by atoms with Crippen molar-refractivity contribution in [2.75, 3.05) is 13.1 Å². The third-order valence-corrected chi connectivity index (χ3v) is 1.81. The number of hydrogen-bond donors (Lipinski definition) is 1. The van der Waals surface area contributed by atoms with Gasteiger partial charge in [-0.05, 0) is 6.42 Å². The van der Waals surface area contributed by atoms with Crippen LogP contribution in [0.2, 0.25) is 0 Å². The van der Waals surface area contributed by atoms with Crippen molar-refractivity contribution in [1.29, 1.82) is 0 Å². The lowest BCUT2D eigenvalue weighted by molar-refractivity contribution is -0.783. The molecule has 1 heterocycles. The molecule has 0 radical (unpaired) electrons. The van der Waals surface area contributed by atoms with Crippen molar-refractivity contribution in [2.45, 2.75) is 18.9 Å². The van der Waals surface area contributed by atoms with Gasteiger partial charge in [-0.1, -0.05) is 6.92 Å². The average molecular weight is 146 g/mol. The first-order valence-electron chi connectivity index (χ1n) is 3.23. The molecule has 5 heteroatoms. The summed E-state index contributed by atoms with van der Waals surface area (Å²) in [6.07, 6.45) is 0.682. The molecule has 1 aliphatic rings. The molecule has 0 spiro atoms. The van der Waals surface area contributed by atoms with Crippen LogP contribution >= 0.6 is 0 Å². The first kappa shape index (κ1) is 7.27. The van der Waals surface area contributed by atoms with Crippen molar-refractivity contribution < 1.29 is 9.92 Å². The van der Waals surface area contributed by atoms with E-state index in [1.54, 1.807) is 0 Å². The van der Waals surface area contributed by atoms with Crippen LogP contribution in [0.25, 0.3) is 0 Å². The van der Waals surface area contributed by atoms with E-state index in [1.165, 1.54) is 0 Å². The van der Waals surface area contributed by atoms with Gasteiger partial charge in [-0.2, -0.15) is 0 Å². The van der Waals surface area contributed by atoms with Gasteiger partial charge >= 0.3 is 0 Å². The lowest BCUT2D eigenvalue weighted by Crippen LogP contribution is -2.61. The van der Waals surface area contributed by atoms with Gasteiger partial charge in [0.05, 0.1) is 0 Å². The van der Waals surface area contributed by atoms with Gasteiger partial charge in [0.1, 0.15) is 5.60 Å². The Labute approximate surface area is 58.5 Å². The molecular weight excluding hydrogens is 136 g/mol. The Balaban J connectivity index is 2.40. The first-order chi connectivity index (χ1) is 4.68. The van der Waals surface area contributed by atoms with E-state index in [0.717, 1.165) is 0 Å². The summed E-state index contributed by atoms with van der Waals surface area (Å²) in [5.41, 5.74) is -0.524. The minimum Gasteiger partial charge on any atom is -0.312 e. The molecule has 0 saturated carbocycles. The molecule has 0 aromatic heterocycles. The zero-order chi connectivity index (χ0) is 7.61. The Morgan fingerprint density at radius 1 is 1.80 bits per heavy atom. The fraction of sp³-hybridized carbons (Fsp3) is 1.00. The summed E-state index contributed by atoms with van der Waals surface area (Å²) in [4.78, 5) is 14.4. The molecule has 0 amide bonds. The second-order valence-electron chi connectivity index (χ2n) is 2.46. The first-order valence-corrected chi connectivity index (χ1v) is 3.23. The van der Waals surface area contributed by atoms with Crippen molar-refractivity contribution in [3.8, 4) is 0 Å². The van der Waals surface area contributed by atoms with Crippen LogP contribution in [0, 0.1) is 10.1 Å². The van der Waals surface area contributed by atoms with Crippen LogP contribution < -0.4 is 5.32 Å². The summed E-state index contributed by atoms with van der Waals surface area (Å²) in [5, 5.41) is 12.1. The number of nitrogens with one attached hydrogen (secondary N) is 1. The molecule has 1 N–H and O–H groups in total. The maximum Gasteiger partial charge on any atom is 0.295 e. The van der Waals surface area contributed by atoms with Crippen molar-refractivity contribution in [1.82, 2.24) is 5.32 Å². The summed E-state index contributed by atoms with van der Waals surface area (Å²) in [5.74, 6) is 0. The predicted molar refractivity (Wildman–Crippen MR) is 34.0 cm³/mol. The quantitative estimate of drug-likeness (QED) is 0.447. The third kappa shape index (κ3) is 1.18.